The number of anilines is 2. The summed E-state index contributed by atoms with van der Waals surface area (Å²) in [5.74, 6) is -0.836. The molecule has 5 rings (SSSR count). The van der Waals surface area contributed by atoms with Gasteiger partial charge in [-0.05, 0) is 66.2 Å². The lowest BCUT2D eigenvalue weighted by Crippen LogP contribution is -2.49. The van der Waals surface area contributed by atoms with Crippen molar-refractivity contribution in [2.24, 2.45) is 0 Å². The molecule has 0 spiro atoms. The molecule has 11 heteroatoms. The second-order valence-electron chi connectivity index (χ2n) is 10.2. The molecule has 1 atom stereocenters. The maximum absolute atomic E-state index is 13.6. The van der Waals surface area contributed by atoms with Crippen LogP contribution in [-0.2, 0) is 22.6 Å². The second-order valence-corrected chi connectivity index (χ2v) is 10.2. The van der Waals surface area contributed by atoms with Crippen molar-refractivity contribution in [3.8, 4) is 17.0 Å². The predicted octanol–water partition coefficient (Wildman–Crippen LogP) is 4.74. The molecular formula is C34H31FN6O4. The van der Waals surface area contributed by atoms with Gasteiger partial charge in [-0.25, -0.2) is 9.07 Å². The summed E-state index contributed by atoms with van der Waals surface area (Å²) in [4.78, 5) is 40.8. The Bertz CT molecular complexity index is 1770. The molecule has 1 aromatic heterocycles. The SMILES string of the molecule is COc1ccc(N(C)C(=O)C(Cc2ccccc2)NC(=O)Cn2cc(-c3cccc(NC(=O)c4ccc(F)cc4)c3)nn2)cc1. The molecule has 5 aromatic rings. The number of ether oxygens (including phenoxy) is 1. The van der Waals surface area contributed by atoms with Gasteiger partial charge >= 0.3 is 0 Å². The van der Waals surface area contributed by atoms with Crippen molar-refractivity contribution >= 4 is 29.1 Å². The number of methoxy groups -OCH3 is 1. The number of rotatable bonds is 11. The highest BCUT2D eigenvalue weighted by Crippen LogP contribution is 2.22. The highest BCUT2D eigenvalue weighted by molar-refractivity contribution is 6.04. The Morgan fingerprint density at radius 2 is 1.67 bits per heavy atom. The van der Waals surface area contributed by atoms with Gasteiger partial charge in [-0.15, -0.1) is 5.10 Å². The molecule has 0 aliphatic heterocycles. The molecule has 0 aliphatic rings. The zero-order chi connectivity index (χ0) is 31.8. The Labute approximate surface area is 259 Å². The van der Waals surface area contributed by atoms with E-state index in [1.54, 1.807) is 68.9 Å². The van der Waals surface area contributed by atoms with Crippen LogP contribution in [0.15, 0.2) is 109 Å². The highest BCUT2D eigenvalue weighted by atomic mass is 19.1. The van der Waals surface area contributed by atoms with Crippen LogP contribution in [0.25, 0.3) is 11.3 Å². The van der Waals surface area contributed by atoms with E-state index in [4.69, 9.17) is 4.74 Å². The highest BCUT2D eigenvalue weighted by Gasteiger charge is 2.26. The number of likely N-dealkylation sites (N-methyl/N-ethyl adjacent to an activating group) is 1. The quantitative estimate of drug-likeness (QED) is 0.224. The number of carbonyl (C=O) groups excluding carboxylic acids is 3. The zero-order valence-electron chi connectivity index (χ0n) is 24.7. The number of hydrogen-bond acceptors (Lipinski definition) is 6. The minimum Gasteiger partial charge on any atom is -0.497 e. The fraction of sp³-hybridized carbons (Fsp3) is 0.147. The number of nitrogens with one attached hydrogen (secondary N) is 2. The van der Waals surface area contributed by atoms with E-state index in [1.165, 1.54) is 33.8 Å². The lowest BCUT2D eigenvalue weighted by molar-refractivity contribution is -0.127. The lowest BCUT2D eigenvalue weighted by Gasteiger charge is -2.25. The van der Waals surface area contributed by atoms with Gasteiger partial charge in [-0.2, -0.15) is 0 Å². The molecule has 1 unspecified atom stereocenters. The van der Waals surface area contributed by atoms with Crippen LogP contribution in [0.5, 0.6) is 5.75 Å². The standard InChI is InChI=1S/C34H31FN6O4/c1-40(28-15-17-29(45-2)18-16-28)34(44)30(19-23-7-4-3-5-8-23)37-32(42)22-41-21-31(38-39-41)25-9-6-10-27(20-25)36-33(43)24-11-13-26(35)14-12-24/h3-18,20-21,30H,19,22H2,1-2H3,(H,36,43)(H,37,42). The third-order valence-corrected chi connectivity index (χ3v) is 7.07. The summed E-state index contributed by atoms with van der Waals surface area (Å²) < 4.78 is 19.8. The van der Waals surface area contributed by atoms with Gasteiger partial charge in [0, 0.05) is 36.0 Å². The monoisotopic (exact) mass is 606 g/mol. The number of aromatic nitrogens is 3. The molecule has 2 N–H and O–H groups in total. The van der Waals surface area contributed by atoms with Crippen LogP contribution in [0.4, 0.5) is 15.8 Å². The van der Waals surface area contributed by atoms with Crippen LogP contribution < -0.4 is 20.3 Å². The Hall–Kier alpha value is -5.84. The Morgan fingerprint density at radius 1 is 0.933 bits per heavy atom. The van der Waals surface area contributed by atoms with Gasteiger partial charge in [0.2, 0.25) is 11.8 Å². The number of benzene rings is 4. The Balaban J connectivity index is 1.26. The molecule has 0 saturated carbocycles. The van der Waals surface area contributed by atoms with Gasteiger partial charge in [0.15, 0.2) is 0 Å². The summed E-state index contributed by atoms with van der Waals surface area (Å²) in [5.41, 5.74) is 3.53. The molecule has 228 valence electrons. The van der Waals surface area contributed by atoms with Crippen LogP contribution in [0.1, 0.15) is 15.9 Å². The molecule has 10 nitrogen and oxygen atoms in total. The molecule has 0 saturated heterocycles. The summed E-state index contributed by atoms with van der Waals surface area (Å²) in [6.07, 6.45) is 1.91. The van der Waals surface area contributed by atoms with Crippen molar-refractivity contribution < 1.29 is 23.5 Å². The van der Waals surface area contributed by atoms with Crippen molar-refractivity contribution in [2.45, 2.75) is 19.0 Å². The number of carbonyl (C=O) groups is 3. The average molecular weight is 607 g/mol. The number of amides is 3. The smallest absolute Gasteiger partial charge is 0.255 e. The largest absolute Gasteiger partial charge is 0.497 e. The molecule has 4 aromatic carbocycles. The van der Waals surface area contributed by atoms with E-state index in [9.17, 15) is 18.8 Å². The van der Waals surface area contributed by atoms with Gasteiger partial charge in [0.05, 0.1) is 13.3 Å². The maximum Gasteiger partial charge on any atom is 0.255 e. The molecule has 0 aliphatic carbocycles. The van der Waals surface area contributed by atoms with Crippen molar-refractivity contribution in [1.82, 2.24) is 20.3 Å². The Kier molecular flexibility index (Phi) is 9.58. The normalized spacial score (nSPS) is 11.4. The fourth-order valence-electron chi connectivity index (χ4n) is 4.67. The minimum atomic E-state index is -0.837. The molecule has 3 amide bonds. The molecular weight excluding hydrogens is 575 g/mol. The topological polar surface area (TPSA) is 118 Å². The van der Waals surface area contributed by atoms with Gasteiger partial charge < -0.3 is 20.3 Å². The summed E-state index contributed by atoms with van der Waals surface area (Å²) in [7, 11) is 3.23. The van der Waals surface area contributed by atoms with Crippen molar-refractivity contribution in [3.63, 3.8) is 0 Å². The van der Waals surface area contributed by atoms with Crippen LogP contribution >= 0.6 is 0 Å². The van der Waals surface area contributed by atoms with E-state index in [-0.39, 0.29) is 18.4 Å². The molecule has 1 heterocycles. The van der Waals surface area contributed by atoms with E-state index in [0.717, 1.165) is 5.56 Å². The summed E-state index contributed by atoms with van der Waals surface area (Å²) in [6.45, 7) is -0.168. The van der Waals surface area contributed by atoms with Crippen LogP contribution in [0, 0.1) is 5.82 Å². The minimum absolute atomic E-state index is 0.168. The third-order valence-electron chi connectivity index (χ3n) is 7.07. The van der Waals surface area contributed by atoms with E-state index in [2.05, 4.69) is 20.9 Å². The Morgan fingerprint density at radius 3 is 2.38 bits per heavy atom. The van der Waals surface area contributed by atoms with E-state index in [0.29, 0.717) is 40.4 Å². The fourth-order valence-corrected chi connectivity index (χ4v) is 4.67. The predicted molar refractivity (Wildman–Crippen MR) is 168 cm³/mol. The average Bonchev–Trinajstić information content (AvgIpc) is 3.53. The van der Waals surface area contributed by atoms with Crippen LogP contribution in [0.3, 0.4) is 0 Å². The first-order chi connectivity index (χ1) is 21.8. The van der Waals surface area contributed by atoms with E-state index < -0.39 is 17.8 Å². The van der Waals surface area contributed by atoms with E-state index in [1.807, 2.05) is 30.3 Å². The molecule has 0 fully saturated rings. The molecule has 0 radical (unpaired) electrons. The van der Waals surface area contributed by atoms with Crippen LogP contribution in [-0.4, -0.2) is 52.9 Å². The van der Waals surface area contributed by atoms with Gasteiger partial charge in [0.25, 0.3) is 5.91 Å². The first-order valence-electron chi connectivity index (χ1n) is 14.1. The zero-order valence-corrected chi connectivity index (χ0v) is 24.7. The van der Waals surface area contributed by atoms with E-state index >= 15 is 0 Å². The van der Waals surface area contributed by atoms with Gasteiger partial charge in [-0.3, -0.25) is 14.4 Å². The lowest BCUT2D eigenvalue weighted by atomic mass is 10.0. The summed E-state index contributed by atoms with van der Waals surface area (Å²) in [5, 5.41) is 13.9. The van der Waals surface area contributed by atoms with Gasteiger partial charge in [0.1, 0.15) is 29.8 Å². The third kappa shape index (κ3) is 7.96. The summed E-state index contributed by atoms with van der Waals surface area (Å²) >= 11 is 0. The van der Waals surface area contributed by atoms with Crippen LogP contribution in [0.2, 0.25) is 0 Å². The number of nitrogens with zero attached hydrogens (tertiary/aromatic N) is 4. The first kappa shape index (κ1) is 30.6. The molecule has 0 bridgehead atoms. The van der Waals surface area contributed by atoms with Crippen molar-refractivity contribution in [3.05, 3.63) is 126 Å². The number of halogens is 1. The van der Waals surface area contributed by atoms with Crippen molar-refractivity contribution in [1.29, 1.82) is 0 Å². The molecule has 45 heavy (non-hydrogen) atoms. The van der Waals surface area contributed by atoms with Crippen molar-refractivity contribution in [2.75, 3.05) is 24.4 Å². The first-order valence-corrected chi connectivity index (χ1v) is 14.1. The second kappa shape index (κ2) is 14.1. The van der Waals surface area contributed by atoms with Gasteiger partial charge in [-0.1, -0.05) is 47.7 Å². The maximum atomic E-state index is 13.6. The summed E-state index contributed by atoms with van der Waals surface area (Å²) in [6, 6.07) is 27.9. The number of hydrogen-bond donors (Lipinski definition) is 2.